The first-order chi connectivity index (χ1) is 15.2. The van der Waals surface area contributed by atoms with Crippen molar-refractivity contribution in [1.82, 2.24) is 10.3 Å². The smallest absolute Gasteiger partial charge is 0.265 e. The van der Waals surface area contributed by atoms with Gasteiger partial charge < -0.3 is 20.3 Å². The molecule has 7 nitrogen and oxygen atoms in total. The molecule has 2 aromatic carbocycles. The van der Waals surface area contributed by atoms with Crippen LogP contribution in [0.15, 0.2) is 54.6 Å². The van der Waals surface area contributed by atoms with E-state index in [0.717, 1.165) is 41.6 Å². The molecule has 1 fully saturated rings. The minimum Gasteiger partial charge on any atom is -0.482 e. The van der Waals surface area contributed by atoms with Crippen LogP contribution in [0.2, 0.25) is 0 Å². The highest BCUT2D eigenvalue weighted by atomic mass is 16.5. The maximum atomic E-state index is 12.7. The topological polar surface area (TPSA) is 83.6 Å². The number of anilines is 2. The Kier molecular flexibility index (Phi) is 5.16. The fourth-order valence-electron chi connectivity index (χ4n) is 3.80. The largest absolute Gasteiger partial charge is 0.482 e. The first-order valence-corrected chi connectivity index (χ1v) is 10.7. The van der Waals surface area contributed by atoms with Crippen molar-refractivity contribution in [1.29, 1.82) is 0 Å². The van der Waals surface area contributed by atoms with E-state index in [-0.39, 0.29) is 18.4 Å². The summed E-state index contributed by atoms with van der Waals surface area (Å²) in [5.74, 6) is 1.30. The Morgan fingerprint density at radius 2 is 1.94 bits per heavy atom. The first kappa shape index (κ1) is 19.4. The van der Waals surface area contributed by atoms with Crippen molar-refractivity contribution in [3.63, 3.8) is 0 Å². The highest BCUT2D eigenvalue weighted by molar-refractivity contribution is 6.07. The summed E-state index contributed by atoms with van der Waals surface area (Å²) in [5.41, 5.74) is 2.23. The summed E-state index contributed by atoms with van der Waals surface area (Å²) in [6.45, 7) is 1.27. The molecule has 31 heavy (non-hydrogen) atoms. The molecule has 3 aromatic rings. The maximum absolute atomic E-state index is 12.7. The van der Waals surface area contributed by atoms with Gasteiger partial charge in [0, 0.05) is 24.5 Å². The molecule has 1 aromatic heterocycles. The van der Waals surface area contributed by atoms with Crippen molar-refractivity contribution in [2.75, 3.05) is 29.9 Å². The van der Waals surface area contributed by atoms with Crippen LogP contribution in [0.4, 0.5) is 11.5 Å². The molecule has 1 aliphatic heterocycles. The Balaban J connectivity index is 1.27. The molecule has 1 saturated carbocycles. The van der Waals surface area contributed by atoms with Crippen molar-refractivity contribution in [2.24, 2.45) is 0 Å². The van der Waals surface area contributed by atoms with E-state index in [1.807, 2.05) is 54.6 Å². The number of aromatic nitrogens is 1. The monoisotopic (exact) mass is 416 g/mol. The molecule has 1 aliphatic carbocycles. The average Bonchev–Trinajstić information content (AvgIpc) is 3.61. The Morgan fingerprint density at radius 1 is 1.13 bits per heavy atom. The predicted octanol–water partition coefficient (Wildman–Crippen LogP) is 3.35. The third kappa shape index (κ3) is 4.17. The number of amides is 2. The summed E-state index contributed by atoms with van der Waals surface area (Å²) >= 11 is 0. The predicted molar refractivity (Wildman–Crippen MR) is 120 cm³/mol. The summed E-state index contributed by atoms with van der Waals surface area (Å²) < 4.78 is 5.50. The van der Waals surface area contributed by atoms with E-state index < -0.39 is 0 Å². The van der Waals surface area contributed by atoms with Gasteiger partial charge in [-0.2, -0.15) is 0 Å². The van der Waals surface area contributed by atoms with Crippen molar-refractivity contribution in [3.8, 4) is 5.75 Å². The van der Waals surface area contributed by atoms with Gasteiger partial charge in [0.1, 0.15) is 11.6 Å². The van der Waals surface area contributed by atoms with Gasteiger partial charge in [0.2, 0.25) is 0 Å². The van der Waals surface area contributed by atoms with Crippen molar-refractivity contribution in [2.45, 2.75) is 25.3 Å². The third-order valence-electron chi connectivity index (χ3n) is 5.55. The van der Waals surface area contributed by atoms with Crippen LogP contribution in [0.1, 0.15) is 29.6 Å². The zero-order chi connectivity index (χ0) is 21.2. The van der Waals surface area contributed by atoms with Crippen LogP contribution in [0.25, 0.3) is 10.9 Å². The minimum absolute atomic E-state index is 0.0402. The number of carbonyl (C=O) groups excluding carboxylic acids is 2. The lowest BCUT2D eigenvalue weighted by Gasteiger charge is -2.29. The number of carbonyl (C=O) groups is 2. The van der Waals surface area contributed by atoms with Crippen LogP contribution in [0.5, 0.6) is 5.75 Å². The van der Waals surface area contributed by atoms with Gasteiger partial charge in [-0.25, -0.2) is 4.98 Å². The molecule has 158 valence electrons. The molecule has 5 rings (SSSR count). The summed E-state index contributed by atoms with van der Waals surface area (Å²) in [4.78, 5) is 31.5. The molecule has 0 atom stereocenters. The van der Waals surface area contributed by atoms with E-state index in [9.17, 15) is 9.59 Å². The normalized spacial score (nSPS) is 15.4. The summed E-state index contributed by atoms with van der Waals surface area (Å²) in [6, 6.07) is 17.4. The average molecular weight is 416 g/mol. The number of benzene rings is 2. The van der Waals surface area contributed by atoms with Gasteiger partial charge in [0.05, 0.1) is 16.8 Å². The van der Waals surface area contributed by atoms with Gasteiger partial charge in [-0.05, 0) is 43.5 Å². The number of nitrogens with zero attached hydrogens (tertiary/aromatic N) is 2. The van der Waals surface area contributed by atoms with Gasteiger partial charge in [-0.1, -0.05) is 30.3 Å². The lowest BCUT2D eigenvalue weighted by molar-refractivity contribution is -0.121. The second kappa shape index (κ2) is 8.26. The number of hydrogen-bond donors (Lipinski definition) is 2. The molecule has 0 spiro atoms. The number of pyridine rings is 1. The molecule has 0 unspecified atom stereocenters. The second-order valence-electron chi connectivity index (χ2n) is 7.90. The number of fused-ring (bicyclic) bond motifs is 2. The fraction of sp³-hybridized carbons (Fsp3) is 0.292. The van der Waals surface area contributed by atoms with Crippen LogP contribution in [0.3, 0.4) is 0 Å². The first-order valence-electron chi connectivity index (χ1n) is 10.7. The van der Waals surface area contributed by atoms with E-state index in [1.165, 1.54) is 0 Å². The highest BCUT2D eigenvalue weighted by Gasteiger charge is 2.26. The van der Waals surface area contributed by atoms with Crippen molar-refractivity contribution in [3.05, 3.63) is 60.2 Å². The Bertz CT molecular complexity index is 1140. The van der Waals surface area contributed by atoms with Gasteiger partial charge in [0.25, 0.3) is 11.8 Å². The van der Waals surface area contributed by atoms with E-state index >= 15 is 0 Å². The lowest BCUT2D eigenvalue weighted by atomic mass is 10.1. The standard InChI is InChI=1S/C24H24N4O3/c29-23-15-31-21-9-4-3-8-20(21)28(23)13-5-12-25-22-14-18(24(30)26-16-10-11-16)17-6-1-2-7-19(17)27-22/h1-4,6-9,14,16H,5,10-13,15H2,(H,25,27)(H,26,30). The zero-order valence-electron chi connectivity index (χ0n) is 17.1. The van der Waals surface area contributed by atoms with E-state index in [0.29, 0.717) is 30.5 Å². The van der Waals surface area contributed by atoms with E-state index in [1.54, 1.807) is 4.90 Å². The zero-order valence-corrected chi connectivity index (χ0v) is 17.1. The Morgan fingerprint density at radius 3 is 2.81 bits per heavy atom. The molecule has 2 N–H and O–H groups in total. The Labute approximate surface area is 180 Å². The number of hydrogen-bond acceptors (Lipinski definition) is 5. The molecular formula is C24H24N4O3. The fourth-order valence-corrected chi connectivity index (χ4v) is 3.80. The van der Waals surface area contributed by atoms with Gasteiger partial charge in [-0.15, -0.1) is 0 Å². The molecule has 7 heteroatoms. The second-order valence-corrected chi connectivity index (χ2v) is 7.90. The molecule has 0 bridgehead atoms. The van der Waals surface area contributed by atoms with Crippen molar-refractivity contribution >= 4 is 34.2 Å². The van der Waals surface area contributed by atoms with E-state index in [4.69, 9.17) is 4.74 Å². The van der Waals surface area contributed by atoms with Crippen LogP contribution in [0, 0.1) is 0 Å². The highest BCUT2D eigenvalue weighted by Crippen LogP contribution is 2.31. The molecule has 0 radical (unpaired) electrons. The number of para-hydroxylation sites is 3. The van der Waals surface area contributed by atoms with Crippen LogP contribution in [-0.4, -0.2) is 42.5 Å². The van der Waals surface area contributed by atoms with Crippen molar-refractivity contribution < 1.29 is 14.3 Å². The minimum atomic E-state index is -0.0559. The lowest BCUT2D eigenvalue weighted by Crippen LogP contribution is -2.39. The quantitative estimate of drug-likeness (QED) is 0.577. The Hall–Kier alpha value is -3.61. The third-order valence-corrected chi connectivity index (χ3v) is 5.55. The molecule has 2 aliphatic rings. The number of nitrogens with one attached hydrogen (secondary N) is 2. The number of ether oxygens (including phenoxy) is 1. The summed E-state index contributed by atoms with van der Waals surface area (Å²) in [5, 5.41) is 7.23. The van der Waals surface area contributed by atoms with Gasteiger partial charge >= 0.3 is 0 Å². The molecule has 0 saturated heterocycles. The van der Waals surface area contributed by atoms with Crippen LogP contribution >= 0.6 is 0 Å². The summed E-state index contributed by atoms with van der Waals surface area (Å²) in [7, 11) is 0. The van der Waals surface area contributed by atoms with Gasteiger partial charge in [-0.3, -0.25) is 9.59 Å². The SMILES string of the molecule is O=C(NC1CC1)c1cc(NCCCN2C(=O)COc3ccccc32)nc2ccccc12. The summed E-state index contributed by atoms with van der Waals surface area (Å²) in [6.07, 6.45) is 2.82. The molecular weight excluding hydrogens is 392 g/mol. The molecule has 2 amide bonds. The van der Waals surface area contributed by atoms with Gasteiger partial charge in [0.15, 0.2) is 6.61 Å². The number of rotatable bonds is 7. The van der Waals surface area contributed by atoms with Crippen LogP contribution < -0.4 is 20.3 Å². The molecule has 2 heterocycles. The van der Waals surface area contributed by atoms with Crippen LogP contribution in [-0.2, 0) is 4.79 Å². The van der Waals surface area contributed by atoms with E-state index in [2.05, 4.69) is 15.6 Å². The maximum Gasteiger partial charge on any atom is 0.265 e.